The van der Waals surface area contributed by atoms with Gasteiger partial charge in [0.1, 0.15) is 11.5 Å². The van der Waals surface area contributed by atoms with Gasteiger partial charge in [-0.25, -0.2) is 4.98 Å². The molecular weight excluding hydrogens is 363 g/mol. The highest BCUT2D eigenvalue weighted by atomic mass is 35.5. The molecule has 2 N–H and O–H groups in total. The lowest BCUT2D eigenvalue weighted by Gasteiger charge is -2.13. The monoisotopic (exact) mass is 373 g/mol. The van der Waals surface area contributed by atoms with E-state index >= 15 is 0 Å². The number of nitro benzene ring substituents is 1. The van der Waals surface area contributed by atoms with Crippen LogP contribution in [0.5, 0.6) is 0 Å². The standard InChI is InChI=1S/C14H11ClF3N5O2/c15-7-1-4-10(23(24)25)9(5-7)20-12-6-11(14(16,17)18)21-13(22-12)19-8-2-3-8/h1,4-6,8H,2-3H2,(H2,19,20,21,22). The molecule has 0 amide bonds. The molecule has 0 radical (unpaired) electrons. The summed E-state index contributed by atoms with van der Waals surface area (Å²) in [6, 6.07) is 4.43. The van der Waals surface area contributed by atoms with Gasteiger partial charge in [0.15, 0.2) is 5.69 Å². The molecule has 132 valence electrons. The summed E-state index contributed by atoms with van der Waals surface area (Å²) in [7, 11) is 0. The number of halogens is 4. The Morgan fingerprint density at radius 2 is 1.96 bits per heavy atom. The third-order valence-electron chi connectivity index (χ3n) is 3.35. The van der Waals surface area contributed by atoms with Crippen molar-refractivity contribution in [3.8, 4) is 0 Å². The lowest BCUT2D eigenvalue weighted by atomic mass is 10.2. The van der Waals surface area contributed by atoms with Gasteiger partial charge in [0.2, 0.25) is 5.95 Å². The maximum absolute atomic E-state index is 13.0. The number of nitro groups is 1. The zero-order valence-electron chi connectivity index (χ0n) is 12.5. The molecule has 1 aromatic heterocycles. The van der Waals surface area contributed by atoms with E-state index in [1.54, 1.807) is 0 Å². The molecule has 1 saturated carbocycles. The van der Waals surface area contributed by atoms with E-state index in [1.165, 1.54) is 12.1 Å². The summed E-state index contributed by atoms with van der Waals surface area (Å²) < 4.78 is 39.1. The van der Waals surface area contributed by atoms with Gasteiger partial charge in [0.05, 0.1) is 4.92 Å². The fourth-order valence-electron chi connectivity index (χ4n) is 2.04. The Balaban J connectivity index is 1.99. The van der Waals surface area contributed by atoms with E-state index in [2.05, 4.69) is 20.6 Å². The molecule has 1 aliphatic carbocycles. The second kappa shape index (κ2) is 6.36. The molecule has 0 saturated heterocycles. The zero-order valence-corrected chi connectivity index (χ0v) is 13.2. The summed E-state index contributed by atoms with van der Waals surface area (Å²) >= 11 is 5.81. The van der Waals surface area contributed by atoms with Gasteiger partial charge in [0.25, 0.3) is 5.69 Å². The predicted molar refractivity (Wildman–Crippen MR) is 85.1 cm³/mol. The maximum atomic E-state index is 13.0. The van der Waals surface area contributed by atoms with E-state index < -0.39 is 16.8 Å². The topological polar surface area (TPSA) is 93.0 Å². The molecule has 3 rings (SSSR count). The largest absolute Gasteiger partial charge is 0.433 e. The fraction of sp³-hybridized carbons (Fsp3) is 0.286. The van der Waals surface area contributed by atoms with Crippen LogP contribution in [0, 0.1) is 10.1 Å². The maximum Gasteiger partial charge on any atom is 0.433 e. The molecule has 0 atom stereocenters. The van der Waals surface area contributed by atoms with E-state index in [9.17, 15) is 23.3 Å². The molecule has 25 heavy (non-hydrogen) atoms. The first-order valence-electron chi connectivity index (χ1n) is 7.16. The molecule has 1 fully saturated rings. The zero-order chi connectivity index (χ0) is 18.2. The minimum Gasteiger partial charge on any atom is -0.351 e. The van der Waals surface area contributed by atoms with Crippen LogP contribution in [0.4, 0.5) is 36.3 Å². The van der Waals surface area contributed by atoms with Gasteiger partial charge in [-0.3, -0.25) is 10.1 Å². The summed E-state index contributed by atoms with van der Waals surface area (Å²) in [6.45, 7) is 0. The first kappa shape index (κ1) is 17.2. The van der Waals surface area contributed by atoms with E-state index in [-0.39, 0.29) is 34.2 Å². The molecular formula is C14H11ClF3N5O2. The molecule has 0 spiro atoms. The smallest absolute Gasteiger partial charge is 0.351 e. The molecule has 11 heteroatoms. The molecule has 1 aliphatic rings. The van der Waals surface area contributed by atoms with Crippen molar-refractivity contribution in [2.24, 2.45) is 0 Å². The highest BCUT2D eigenvalue weighted by Crippen LogP contribution is 2.34. The number of rotatable bonds is 5. The van der Waals surface area contributed by atoms with Crippen LogP contribution in [-0.2, 0) is 6.18 Å². The van der Waals surface area contributed by atoms with Crippen LogP contribution in [-0.4, -0.2) is 20.9 Å². The summed E-state index contributed by atoms with van der Waals surface area (Å²) in [4.78, 5) is 17.8. The Bertz CT molecular complexity index is 827. The Kier molecular flexibility index (Phi) is 4.38. The van der Waals surface area contributed by atoms with E-state index in [0.717, 1.165) is 18.9 Å². The van der Waals surface area contributed by atoms with Crippen LogP contribution in [0.25, 0.3) is 0 Å². The Hall–Kier alpha value is -2.62. The molecule has 0 aliphatic heterocycles. The predicted octanol–water partition coefficient (Wildman–Crippen LogP) is 4.37. The van der Waals surface area contributed by atoms with Crippen molar-refractivity contribution >= 4 is 34.7 Å². The third kappa shape index (κ3) is 4.27. The van der Waals surface area contributed by atoms with Crippen molar-refractivity contribution in [1.82, 2.24) is 9.97 Å². The minimum atomic E-state index is -4.68. The molecule has 2 aromatic rings. The van der Waals surface area contributed by atoms with Gasteiger partial charge in [-0.1, -0.05) is 11.6 Å². The highest BCUT2D eigenvalue weighted by Gasteiger charge is 2.34. The highest BCUT2D eigenvalue weighted by molar-refractivity contribution is 6.31. The van der Waals surface area contributed by atoms with Crippen molar-refractivity contribution in [2.75, 3.05) is 10.6 Å². The summed E-state index contributed by atoms with van der Waals surface area (Å²) in [5.41, 5.74) is -1.56. The van der Waals surface area contributed by atoms with Crippen LogP contribution >= 0.6 is 11.6 Å². The normalized spacial score (nSPS) is 14.2. The van der Waals surface area contributed by atoms with Crippen molar-refractivity contribution in [2.45, 2.75) is 25.1 Å². The summed E-state index contributed by atoms with van der Waals surface area (Å²) in [5, 5.41) is 16.6. The van der Waals surface area contributed by atoms with Crippen LogP contribution in [0.3, 0.4) is 0 Å². The number of hydrogen-bond donors (Lipinski definition) is 2. The summed E-state index contributed by atoms with van der Waals surface area (Å²) in [5.74, 6) is -0.416. The molecule has 1 aromatic carbocycles. The van der Waals surface area contributed by atoms with Crippen molar-refractivity contribution in [3.63, 3.8) is 0 Å². The fourth-order valence-corrected chi connectivity index (χ4v) is 2.21. The van der Waals surface area contributed by atoms with Gasteiger partial charge < -0.3 is 10.6 Å². The number of aromatic nitrogens is 2. The summed E-state index contributed by atoms with van der Waals surface area (Å²) in [6.07, 6.45) is -3.04. The van der Waals surface area contributed by atoms with Gasteiger partial charge in [-0.2, -0.15) is 18.2 Å². The van der Waals surface area contributed by atoms with Crippen LogP contribution < -0.4 is 10.6 Å². The van der Waals surface area contributed by atoms with Gasteiger partial charge in [-0.15, -0.1) is 0 Å². The van der Waals surface area contributed by atoms with Crippen molar-refractivity contribution in [1.29, 1.82) is 0 Å². The number of anilines is 3. The van der Waals surface area contributed by atoms with Crippen LogP contribution in [0.15, 0.2) is 24.3 Å². The van der Waals surface area contributed by atoms with Crippen LogP contribution in [0.2, 0.25) is 5.02 Å². The SMILES string of the molecule is O=[N+]([O-])c1ccc(Cl)cc1Nc1cc(C(F)(F)F)nc(NC2CC2)n1. The van der Waals surface area contributed by atoms with Crippen molar-refractivity contribution in [3.05, 3.63) is 45.1 Å². The lowest BCUT2D eigenvalue weighted by molar-refractivity contribution is -0.383. The van der Waals surface area contributed by atoms with Crippen molar-refractivity contribution < 1.29 is 18.1 Å². The first-order valence-corrected chi connectivity index (χ1v) is 7.54. The molecule has 0 bridgehead atoms. The first-order chi connectivity index (χ1) is 11.7. The lowest BCUT2D eigenvalue weighted by Crippen LogP contribution is -2.14. The van der Waals surface area contributed by atoms with E-state index in [4.69, 9.17) is 11.6 Å². The Morgan fingerprint density at radius 1 is 1.24 bits per heavy atom. The molecule has 0 unspecified atom stereocenters. The van der Waals surface area contributed by atoms with E-state index in [0.29, 0.717) is 6.07 Å². The second-order valence-corrected chi connectivity index (χ2v) is 5.86. The van der Waals surface area contributed by atoms with Gasteiger partial charge >= 0.3 is 6.18 Å². The second-order valence-electron chi connectivity index (χ2n) is 5.42. The van der Waals surface area contributed by atoms with Gasteiger partial charge in [0, 0.05) is 23.2 Å². The van der Waals surface area contributed by atoms with E-state index in [1.807, 2.05) is 0 Å². The Labute approximate surface area is 144 Å². The Morgan fingerprint density at radius 3 is 2.56 bits per heavy atom. The number of benzene rings is 1. The average Bonchev–Trinajstić information content (AvgIpc) is 3.29. The number of hydrogen-bond acceptors (Lipinski definition) is 6. The minimum absolute atomic E-state index is 0.0387. The van der Waals surface area contributed by atoms with Crippen LogP contribution in [0.1, 0.15) is 18.5 Å². The van der Waals surface area contributed by atoms with Gasteiger partial charge in [-0.05, 0) is 25.0 Å². The number of nitrogens with zero attached hydrogens (tertiary/aromatic N) is 3. The molecule has 7 nitrogen and oxygen atoms in total. The molecule has 1 heterocycles. The average molecular weight is 374 g/mol. The third-order valence-corrected chi connectivity index (χ3v) is 3.58. The number of nitrogens with one attached hydrogen (secondary N) is 2. The number of alkyl halides is 3. The quantitative estimate of drug-likeness (QED) is 0.597.